The molecule has 4 amide bonds. The third-order valence-corrected chi connectivity index (χ3v) is 6.14. The van der Waals surface area contributed by atoms with Crippen LogP contribution in [0.1, 0.15) is 68.2 Å². The van der Waals surface area contributed by atoms with E-state index in [0.717, 1.165) is 0 Å². The van der Waals surface area contributed by atoms with Gasteiger partial charge in [0.05, 0.1) is 6.54 Å². The van der Waals surface area contributed by atoms with Crippen LogP contribution >= 0.6 is 0 Å². The van der Waals surface area contributed by atoms with Gasteiger partial charge >= 0.3 is 30.1 Å². The van der Waals surface area contributed by atoms with Gasteiger partial charge in [0.1, 0.15) is 17.7 Å². The van der Waals surface area contributed by atoms with Crippen molar-refractivity contribution in [1.82, 2.24) is 10.6 Å². The lowest BCUT2D eigenvalue weighted by molar-refractivity contribution is -0.786. The first kappa shape index (κ1) is 31.7. The Balaban J connectivity index is 3.39. The quantitative estimate of drug-likeness (QED) is 0.371. The fourth-order valence-electron chi connectivity index (χ4n) is 4.12. The second-order valence-electron chi connectivity index (χ2n) is 10.9. The molecule has 1 saturated heterocycles. The Bertz CT molecular complexity index is 854. The van der Waals surface area contributed by atoms with Gasteiger partial charge in [-0.05, 0) is 39.5 Å². The van der Waals surface area contributed by atoms with E-state index in [1.165, 1.54) is 13.8 Å². The summed E-state index contributed by atoms with van der Waals surface area (Å²) in [6, 6.07) is -5.31. The maximum absolute atomic E-state index is 13.8. The van der Waals surface area contributed by atoms with Gasteiger partial charge < -0.3 is 10.1 Å². The van der Waals surface area contributed by atoms with Gasteiger partial charge in [-0.25, -0.2) is 14.4 Å². The van der Waals surface area contributed by atoms with Crippen molar-refractivity contribution < 1.29 is 50.4 Å². The summed E-state index contributed by atoms with van der Waals surface area (Å²) in [5.74, 6) is -10.7. The summed E-state index contributed by atoms with van der Waals surface area (Å²) in [6.07, 6.45) is -6.32. The number of nitrogens with one attached hydrogen (secondary N) is 2. The van der Waals surface area contributed by atoms with E-state index in [0.29, 0.717) is 12.8 Å². The van der Waals surface area contributed by atoms with Crippen molar-refractivity contribution in [3.8, 4) is 0 Å². The van der Waals surface area contributed by atoms with Crippen molar-refractivity contribution in [2.75, 3.05) is 6.54 Å². The van der Waals surface area contributed by atoms with Crippen LogP contribution in [0.5, 0.6) is 0 Å². The third-order valence-electron chi connectivity index (χ3n) is 6.14. The maximum Gasteiger partial charge on any atom is 0.461 e. The predicted octanol–water partition coefficient (Wildman–Crippen LogP) is 4.56. The fourth-order valence-corrected chi connectivity index (χ4v) is 4.12. The molecule has 36 heavy (non-hydrogen) atoms. The number of alkyl halides is 5. The van der Waals surface area contributed by atoms with Gasteiger partial charge in [0.15, 0.2) is 6.04 Å². The largest absolute Gasteiger partial charge is 0.461 e. The SMILES string of the molecule is CC(C)C(NC(=O)[N+]1(C(=O)[C@@H](NC(=O)OC(C)(C)C)C(C)C)CCC[C@H]1C)C(=O)C(F)(F)C(F)(F)F. The zero-order valence-electron chi connectivity index (χ0n) is 21.9. The number of halogens is 5. The van der Waals surface area contributed by atoms with Crippen LogP contribution < -0.4 is 10.6 Å². The molecule has 0 radical (unpaired) electrons. The van der Waals surface area contributed by atoms with Crippen LogP contribution in [-0.4, -0.2) is 70.7 Å². The fraction of sp³-hybridized carbons (Fsp3) is 0.826. The van der Waals surface area contributed by atoms with Crippen LogP contribution in [0.3, 0.4) is 0 Å². The van der Waals surface area contributed by atoms with Gasteiger partial charge in [-0.2, -0.15) is 26.4 Å². The second-order valence-corrected chi connectivity index (χ2v) is 10.9. The number of carbonyl (C=O) groups is 4. The molecule has 2 unspecified atom stereocenters. The summed E-state index contributed by atoms with van der Waals surface area (Å²) in [5, 5.41) is 4.46. The first-order valence-corrected chi connectivity index (χ1v) is 11.8. The molecule has 0 bridgehead atoms. The summed E-state index contributed by atoms with van der Waals surface area (Å²) >= 11 is 0. The normalized spacial score (nSPS) is 22.8. The number of ether oxygens (including phenoxy) is 1. The second kappa shape index (κ2) is 11.0. The Kier molecular flexibility index (Phi) is 9.67. The molecule has 1 fully saturated rings. The molecule has 1 heterocycles. The zero-order valence-corrected chi connectivity index (χ0v) is 21.9. The summed E-state index contributed by atoms with van der Waals surface area (Å²) in [6.45, 7) is 11.9. The Morgan fingerprint density at radius 1 is 0.889 bits per heavy atom. The van der Waals surface area contributed by atoms with Crippen molar-refractivity contribution in [1.29, 1.82) is 0 Å². The van der Waals surface area contributed by atoms with E-state index in [2.05, 4.69) is 5.32 Å². The lowest BCUT2D eigenvalue weighted by Crippen LogP contribution is -2.70. The number of ketones is 1. The van der Waals surface area contributed by atoms with E-state index >= 15 is 0 Å². The molecule has 0 aliphatic carbocycles. The number of rotatable bonds is 7. The molecule has 0 aromatic heterocycles. The molecule has 0 aromatic carbocycles. The molecule has 13 heteroatoms. The minimum atomic E-state index is -6.15. The summed E-state index contributed by atoms with van der Waals surface area (Å²) in [5.41, 5.74) is -0.881. The van der Waals surface area contributed by atoms with E-state index in [4.69, 9.17) is 4.74 Å². The van der Waals surface area contributed by atoms with E-state index < -0.39 is 76.0 Å². The Labute approximate surface area is 207 Å². The highest BCUT2D eigenvalue weighted by molar-refractivity contribution is 5.96. The smallest absolute Gasteiger partial charge is 0.444 e. The summed E-state index contributed by atoms with van der Waals surface area (Å²) < 4.78 is 70.5. The average molecular weight is 531 g/mol. The summed E-state index contributed by atoms with van der Waals surface area (Å²) in [7, 11) is 0. The number of alkyl carbamates (subject to hydrolysis) is 1. The van der Waals surface area contributed by atoms with Crippen molar-refractivity contribution in [2.45, 2.75) is 104 Å². The first-order chi connectivity index (χ1) is 16.1. The van der Waals surface area contributed by atoms with Crippen LogP contribution in [-0.2, 0) is 14.3 Å². The van der Waals surface area contributed by atoms with Crippen molar-refractivity contribution in [3.63, 3.8) is 0 Å². The van der Waals surface area contributed by atoms with E-state index in [-0.39, 0.29) is 6.54 Å². The van der Waals surface area contributed by atoms with Gasteiger partial charge in [-0.15, -0.1) is 0 Å². The number of urea groups is 1. The molecule has 4 atom stereocenters. The Morgan fingerprint density at radius 3 is 1.75 bits per heavy atom. The molecule has 208 valence electrons. The summed E-state index contributed by atoms with van der Waals surface area (Å²) in [4.78, 5) is 51.9. The third kappa shape index (κ3) is 6.71. The highest BCUT2D eigenvalue weighted by Gasteiger charge is 2.65. The number of hydrogen-bond acceptors (Lipinski definition) is 5. The van der Waals surface area contributed by atoms with Crippen molar-refractivity contribution >= 4 is 23.8 Å². The number of nitrogens with zero attached hydrogens (tertiary/aromatic N) is 1. The molecule has 8 nitrogen and oxygen atoms in total. The number of carbonyl (C=O) groups excluding carboxylic acids is 4. The molecular weight excluding hydrogens is 493 g/mol. The van der Waals surface area contributed by atoms with Gasteiger partial charge in [0.25, 0.3) is 0 Å². The number of Topliss-reactive ketones (excluding diaryl/α,β-unsaturated/α-hetero) is 1. The Morgan fingerprint density at radius 2 is 1.39 bits per heavy atom. The van der Waals surface area contributed by atoms with E-state index in [1.54, 1.807) is 41.5 Å². The van der Waals surface area contributed by atoms with E-state index in [1.807, 2.05) is 5.32 Å². The standard InChI is InChI=1S/C23H36F5N3O5/c1-12(2)15(17(32)22(24,25)23(26,27)28)29-19(34)31(11-9-10-14(31)5)18(33)16(13(3)4)30-20(35)36-21(6,7)8/h12-16H,9-11H2,1-8H3,(H-,29,30,34,35)/p+1/t14-,15?,16+,31?/m1/s1. The molecule has 1 aliphatic heterocycles. The van der Waals surface area contributed by atoms with Crippen LogP contribution in [0.15, 0.2) is 0 Å². The lowest BCUT2D eigenvalue weighted by atomic mass is 9.95. The molecule has 0 aromatic rings. The van der Waals surface area contributed by atoms with Crippen molar-refractivity contribution in [2.24, 2.45) is 11.8 Å². The molecule has 0 saturated carbocycles. The van der Waals surface area contributed by atoms with Gasteiger partial charge in [-0.3, -0.25) is 10.1 Å². The molecule has 0 spiro atoms. The number of quaternary nitrogens is 1. The van der Waals surface area contributed by atoms with Crippen LogP contribution in [0, 0.1) is 11.8 Å². The highest BCUT2D eigenvalue weighted by atomic mass is 19.4. The topological polar surface area (TPSA) is 102 Å². The van der Waals surface area contributed by atoms with Gasteiger partial charge in [0.2, 0.25) is 5.78 Å². The average Bonchev–Trinajstić information content (AvgIpc) is 3.08. The number of hydrogen-bond donors (Lipinski definition) is 2. The van der Waals surface area contributed by atoms with Gasteiger partial charge in [0, 0.05) is 12.8 Å². The molecule has 1 aliphatic rings. The highest BCUT2D eigenvalue weighted by Crippen LogP contribution is 2.38. The monoisotopic (exact) mass is 530 g/mol. The predicted molar refractivity (Wildman–Crippen MR) is 120 cm³/mol. The lowest BCUT2D eigenvalue weighted by Gasteiger charge is -2.38. The minimum Gasteiger partial charge on any atom is -0.444 e. The Hall–Kier alpha value is -2.31. The van der Waals surface area contributed by atoms with Crippen LogP contribution in [0.25, 0.3) is 0 Å². The first-order valence-electron chi connectivity index (χ1n) is 11.8. The maximum atomic E-state index is 13.8. The molecule has 2 N–H and O–H groups in total. The van der Waals surface area contributed by atoms with Crippen LogP contribution in [0.4, 0.5) is 31.5 Å². The van der Waals surface area contributed by atoms with E-state index in [9.17, 15) is 41.1 Å². The number of imide groups is 1. The molecular formula is C23H37F5N3O5+. The number of amides is 4. The van der Waals surface area contributed by atoms with Gasteiger partial charge in [-0.1, -0.05) is 27.7 Å². The zero-order chi connectivity index (χ0) is 28.4. The number of likely N-dealkylation sites (tertiary alicyclic amines) is 1. The molecule has 1 rings (SSSR count). The van der Waals surface area contributed by atoms with Crippen molar-refractivity contribution in [3.05, 3.63) is 0 Å². The van der Waals surface area contributed by atoms with Crippen LogP contribution in [0.2, 0.25) is 0 Å². The minimum absolute atomic E-state index is 0.0836.